The first-order chi connectivity index (χ1) is 10.3. The van der Waals surface area contributed by atoms with Gasteiger partial charge < -0.3 is 15.0 Å². The molecule has 2 fully saturated rings. The highest BCUT2D eigenvalue weighted by molar-refractivity contribution is 6.31. The van der Waals surface area contributed by atoms with Gasteiger partial charge in [-0.05, 0) is 43.7 Å². The minimum atomic E-state index is 0.707. The molecule has 0 amide bonds. The number of benzene rings is 1. The van der Waals surface area contributed by atoms with Crippen LogP contribution in [-0.4, -0.2) is 32.8 Å². The van der Waals surface area contributed by atoms with E-state index in [1.807, 2.05) is 6.07 Å². The van der Waals surface area contributed by atoms with E-state index in [0.717, 1.165) is 31.3 Å². The highest BCUT2D eigenvalue weighted by Gasteiger charge is 2.24. The van der Waals surface area contributed by atoms with E-state index in [1.54, 1.807) is 7.11 Å². The Balaban J connectivity index is 1.67. The third-order valence-electron chi connectivity index (χ3n) is 4.60. The van der Waals surface area contributed by atoms with Crippen LogP contribution in [0.3, 0.4) is 0 Å². The summed E-state index contributed by atoms with van der Waals surface area (Å²) < 4.78 is 5.29. The van der Waals surface area contributed by atoms with Crippen LogP contribution in [-0.2, 0) is 11.3 Å². The van der Waals surface area contributed by atoms with Gasteiger partial charge in [-0.25, -0.2) is 0 Å². The third-order valence-corrected chi connectivity index (χ3v) is 4.95. The fraction of sp³-hybridized carbons (Fsp3) is 0.647. The van der Waals surface area contributed by atoms with E-state index < -0.39 is 0 Å². The van der Waals surface area contributed by atoms with Gasteiger partial charge in [-0.15, -0.1) is 0 Å². The van der Waals surface area contributed by atoms with Crippen LogP contribution in [0.15, 0.2) is 18.2 Å². The van der Waals surface area contributed by atoms with E-state index in [9.17, 15) is 0 Å². The molecular weight excluding hydrogens is 284 g/mol. The topological polar surface area (TPSA) is 24.5 Å². The number of halogens is 1. The van der Waals surface area contributed by atoms with E-state index in [1.165, 1.54) is 36.9 Å². The molecule has 0 unspecified atom stereocenters. The molecule has 1 N–H and O–H groups in total. The van der Waals surface area contributed by atoms with Gasteiger partial charge in [-0.3, -0.25) is 0 Å². The van der Waals surface area contributed by atoms with Gasteiger partial charge in [0.2, 0.25) is 0 Å². The van der Waals surface area contributed by atoms with Crippen molar-refractivity contribution in [2.75, 3.05) is 31.7 Å². The van der Waals surface area contributed by atoms with Crippen LogP contribution in [0.2, 0.25) is 5.02 Å². The summed E-state index contributed by atoms with van der Waals surface area (Å²) in [6.45, 7) is 3.98. The minimum Gasteiger partial charge on any atom is -0.384 e. The van der Waals surface area contributed by atoms with Gasteiger partial charge in [0.15, 0.2) is 0 Å². The van der Waals surface area contributed by atoms with Crippen molar-refractivity contribution in [3.05, 3.63) is 28.8 Å². The molecule has 1 saturated heterocycles. The molecular formula is C17H25ClN2O. The van der Waals surface area contributed by atoms with Crippen molar-refractivity contribution in [2.45, 2.75) is 38.3 Å². The molecule has 1 aliphatic heterocycles. The summed E-state index contributed by atoms with van der Waals surface area (Å²) in [6, 6.07) is 7.00. The van der Waals surface area contributed by atoms with E-state index in [4.69, 9.17) is 16.3 Å². The van der Waals surface area contributed by atoms with Gasteiger partial charge in [0.1, 0.15) is 0 Å². The summed E-state index contributed by atoms with van der Waals surface area (Å²) in [7, 11) is 1.80. The van der Waals surface area contributed by atoms with Crippen molar-refractivity contribution in [2.24, 2.45) is 5.92 Å². The number of piperidine rings is 1. The Bertz CT molecular complexity index is 468. The van der Waals surface area contributed by atoms with E-state index >= 15 is 0 Å². The summed E-state index contributed by atoms with van der Waals surface area (Å²) in [4.78, 5) is 2.49. The maximum absolute atomic E-state index is 6.44. The zero-order chi connectivity index (χ0) is 14.7. The van der Waals surface area contributed by atoms with Gasteiger partial charge in [0.05, 0.1) is 0 Å². The van der Waals surface area contributed by atoms with Crippen LogP contribution in [0.25, 0.3) is 0 Å². The normalized spacial score (nSPS) is 20.0. The lowest BCUT2D eigenvalue weighted by Crippen LogP contribution is -2.36. The highest BCUT2D eigenvalue weighted by atomic mass is 35.5. The Kier molecular flexibility index (Phi) is 5.04. The lowest BCUT2D eigenvalue weighted by molar-refractivity contribution is 0.139. The lowest BCUT2D eigenvalue weighted by Gasteiger charge is -2.34. The predicted octanol–water partition coefficient (Wildman–Crippen LogP) is 3.45. The summed E-state index contributed by atoms with van der Waals surface area (Å²) in [5.41, 5.74) is 2.57. The van der Waals surface area contributed by atoms with E-state index in [2.05, 4.69) is 22.3 Å². The molecule has 1 aromatic rings. The second kappa shape index (κ2) is 6.99. The monoisotopic (exact) mass is 308 g/mol. The van der Waals surface area contributed by atoms with Crippen molar-refractivity contribution in [1.82, 2.24) is 5.32 Å². The van der Waals surface area contributed by atoms with Crippen LogP contribution < -0.4 is 10.2 Å². The molecule has 0 radical (unpaired) electrons. The first-order valence-electron chi connectivity index (χ1n) is 8.02. The molecule has 0 spiro atoms. The summed E-state index contributed by atoms with van der Waals surface area (Å²) >= 11 is 6.44. The lowest BCUT2D eigenvalue weighted by atomic mass is 9.96. The molecule has 0 aromatic heterocycles. The molecule has 0 bridgehead atoms. The van der Waals surface area contributed by atoms with Gasteiger partial charge in [0, 0.05) is 55.7 Å². The number of methoxy groups -OCH3 is 1. The minimum absolute atomic E-state index is 0.707. The molecule has 0 atom stereocenters. The zero-order valence-electron chi connectivity index (χ0n) is 12.8. The summed E-state index contributed by atoms with van der Waals surface area (Å²) in [5, 5.41) is 4.48. The molecule has 2 aliphatic rings. The fourth-order valence-corrected chi connectivity index (χ4v) is 3.36. The number of nitrogens with one attached hydrogen (secondary N) is 1. The first-order valence-corrected chi connectivity index (χ1v) is 8.40. The Labute approximate surface area is 132 Å². The molecule has 1 aliphatic carbocycles. The number of hydrogen-bond donors (Lipinski definition) is 1. The molecule has 3 nitrogen and oxygen atoms in total. The average Bonchev–Trinajstić information content (AvgIpc) is 3.31. The van der Waals surface area contributed by atoms with E-state index in [0.29, 0.717) is 12.0 Å². The maximum Gasteiger partial charge on any atom is 0.0491 e. The number of rotatable bonds is 6. The summed E-state index contributed by atoms with van der Waals surface area (Å²) in [5.74, 6) is 0.707. The van der Waals surface area contributed by atoms with Crippen LogP contribution in [0.1, 0.15) is 31.2 Å². The van der Waals surface area contributed by atoms with Crippen molar-refractivity contribution in [1.29, 1.82) is 0 Å². The maximum atomic E-state index is 6.44. The van der Waals surface area contributed by atoms with Gasteiger partial charge >= 0.3 is 0 Å². The second-order valence-electron chi connectivity index (χ2n) is 6.28. The third kappa shape index (κ3) is 3.91. The van der Waals surface area contributed by atoms with Gasteiger partial charge in [0.25, 0.3) is 0 Å². The SMILES string of the molecule is COCC1CCN(c2cccc(Cl)c2CNC2CC2)CC1. The highest BCUT2D eigenvalue weighted by Crippen LogP contribution is 2.31. The van der Waals surface area contributed by atoms with Crippen molar-refractivity contribution in [3.63, 3.8) is 0 Å². The quantitative estimate of drug-likeness (QED) is 0.871. The van der Waals surface area contributed by atoms with E-state index in [-0.39, 0.29) is 0 Å². The van der Waals surface area contributed by atoms with Crippen molar-refractivity contribution >= 4 is 17.3 Å². The molecule has 3 rings (SSSR count). The van der Waals surface area contributed by atoms with Crippen LogP contribution in [0, 0.1) is 5.92 Å². The zero-order valence-corrected chi connectivity index (χ0v) is 13.5. The number of nitrogens with zero attached hydrogens (tertiary/aromatic N) is 1. The fourth-order valence-electron chi connectivity index (χ4n) is 3.13. The van der Waals surface area contributed by atoms with Crippen LogP contribution in [0.4, 0.5) is 5.69 Å². The number of anilines is 1. The molecule has 1 heterocycles. The number of hydrogen-bond acceptors (Lipinski definition) is 3. The van der Waals surface area contributed by atoms with Gasteiger partial charge in [-0.2, -0.15) is 0 Å². The van der Waals surface area contributed by atoms with Crippen molar-refractivity contribution < 1.29 is 4.74 Å². The van der Waals surface area contributed by atoms with Crippen molar-refractivity contribution in [3.8, 4) is 0 Å². The molecule has 116 valence electrons. The molecule has 4 heteroatoms. The summed E-state index contributed by atoms with van der Waals surface area (Å²) in [6.07, 6.45) is 5.02. The second-order valence-corrected chi connectivity index (χ2v) is 6.69. The van der Waals surface area contributed by atoms with Gasteiger partial charge in [-0.1, -0.05) is 17.7 Å². The molecule has 1 saturated carbocycles. The largest absolute Gasteiger partial charge is 0.384 e. The van der Waals surface area contributed by atoms with Crippen LogP contribution >= 0.6 is 11.6 Å². The molecule has 1 aromatic carbocycles. The standard InChI is InChI=1S/C17H25ClN2O/c1-21-12-13-7-9-20(10-8-13)17-4-2-3-16(18)15(17)11-19-14-5-6-14/h2-4,13-14,19H,5-12H2,1H3. The average molecular weight is 309 g/mol. The molecule has 21 heavy (non-hydrogen) atoms. The Morgan fingerprint density at radius 3 is 2.67 bits per heavy atom. The number of ether oxygens (including phenoxy) is 1. The predicted molar refractivity (Wildman–Crippen MR) is 88.1 cm³/mol. The Hall–Kier alpha value is -0.770. The Morgan fingerprint density at radius 1 is 1.24 bits per heavy atom. The van der Waals surface area contributed by atoms with Crippen LogP contribution in [0.5, 0.6) is 0 Å². The Morgan fingerprint density at radius 2 is 2.00 bits per heavy atom. The first kappa shape index (κ1) is 15.1. The smallest absolute Gasteiger partial charge is 0.0491 e.